The molecule has 0 aromatic heterocycles. The van der Waals surface area contributed by atoms with E-state index in [9.17, 15) is 9.59 Å². The second-order valence-corrected chi connectivity index (χ2v) is 8.27. The zero-order valence-corrected chi connectivity index (χ0v) is 18.3. The maximum atomic E-state index is 12.7. The monoisotopic (exact) mass is 429 g/mol. The standard InChI is InChI=1S/C20H31N3O3S.ClH/c1-20(9-11-21-12-10-20)15-22-19(25)17(8-13-27-2)23-18(24)14-26-16-6-4-3-5-7-16;/h3-7,17,21H,8-15H2,1-2H3,(H,22,25)(H,23,24);1H. The van der Waals surface area contributed by atoms with Crippen LogP contribution >= 0.6 is 24.2 Å². The van der Waals surface area contributed by atoms with Crippen molar-refractivity contribution in [2.45, 2.75) is 32.2 Å². The summed E-state index contributed by atoms with van der Waals surface area (Å²) < 4.78 is 5.47. The Morgan fingerprint density at radius 1 is 1.25 bits per heavy atom. The second kappa shape index (κ2) is 12.9. The highest BCUT2D eigenvalue weighted by Gasteiger charge is 2.29. The van der Waals surface area contributed by atoms with Crippen molar-refractivity contribution in [2.24, 2.45) is 5.41 Å². The summed E-state index contributed by atoms with van der Waals surface area (Å²) in [5, 5.41) is 9.22. The number of halogens is 1. The molecule has 158 valence electrons. The van der Waals surface area contributed by atoms with Gasteiger partial charge in [0.1, 0.15) is 11.8 Å². The minimum absolute atomic E-state index is 0. The van der Waals surface area contributed by atoms with Crippen molar-refractivity contribution in [2.75, 3.05) is 38.2 Å². The third kappa shape index (κ3) is 8.71. The first kappa shape index (κ1) is 24.6. The van der Waals surface area contributed by atoms with Crippen molar-refractivity contribution in [3.63, 3.8) is 0 Å². The molecule has 0 saturated carbocycles. The molecule has 28 heavy (non-hydrogen) atoms. The Bertz CT molecular complexity index is 598. The Hall–Kier alpha value is -1.44. The molecule has 8 heteroatoms. The van der Waals surface area contributed by atoms with Crippen LogP contribution in [0, 0.1) is 5.41 Å². The van der Waals surface area contributed by atoms with Crippen LogP contribution in [-0.2, 0) is 9.59 Å². The van der Waals surface area contributed by atoms with Gasteiger partial charge in [-0.05, 0) is 61.9 Å². The molecular formula is C20H32ClN3O3S. The van der Waals surface area contributed by atoms with Gasteiger partial charge in [0.15, 0.2) is 6.61 Å². The van der Waals surface area contributed by atoms with Crippen LogP contribution in [0.1, 0.15) is 26.2 Å². The number of nitrogens with one attached hydrogen (secondary N) is 3. The van der Waals surface area contributed by atoms with E-state index in [1.807, 2.05) is 24.5 Å². The zero-order chi connectivity index (χ0) is 19.5. The van der Waals surface area contributed by atoms with E-state index in [1.54, 1.807) is 23.9 Å². The fourth-order valence-electron chi connectivity index (χ4n) is 3.04. The number of piperidine rings is 1. The van der Waals surface area contributed by atoms with Gasteiger partial charge in [0.05, 0.1) is 0 Å². The summed E-state index contributed by atoms with van der Waals surface area (Å²) in [5.74, 6) is 1.04. The lowest BCUT2D eigenvalue weighted by Crippen LogP contribution is -2.51. The van der Waals surface area contributed by atoms with Crippen molar-refractivity contribution in [1.29, 1.82) is 0 Å². The molecule has 1 unspecified atom stereocenters. The van der Waals surface area contributed by atoms with Crippen molar-refractivity contribution in [3.05, 3.63) is 30.3 Å². The maximum Gasteiger partial charge on any atom is 0.258 e. The van der Waals surface area contributed by atoms with Crippen LogP contribution in [-0.4, -0.2) is 56.1 Å². The number of carbonyl (C=O) groups is 2. The van der Waals surface area contributed by atoms with Gasteiger partial charge in [-0.25, -0.2) is 0 Å². The maximum absolute atomic E-state index is 12.7. The lowest BCUT2D eigenvalue weighted by molar-refractivity contribution is -0.130. The number of carbonyl (C=O) groups excluding carboxylic acids is 2. The zero-order valence-electron chi connectivity index (χ0n) is 16.7. The fourth-order valence-corrected chi connectivity index (χ4v) is 3.51. The highest BCUT2D eigenvalue weighted by atomic mass is 35.5. The number of ether oxygens (including phenoxy) is 1. The molecule has 0 bridgehead atoms. The molecule has 2 rings (SSSR count). The molecule has 1 heterocycles. The summed E-state index contributed by atoms with van der Waals surface area (Å²) in [5.41, 5.74) is 0.116. The van der Waals surface area contributed by atoms with Gasteiger partial charge in [0, 0.05) is 6.54 Å². The summed E-state index contributed by atoms with van der Waals surface area (Å²) in [6.45, 7) is 4.71. The van der Waals surface area contributed by atoms with Gasteiger partial charge in [-0.3, -0.25) is 9.59 Å². The van der Waals surface area contributed by atoms with Gasteiger partial charge in [0.25, 0.3) is 5.91 Å². The van der Waals surface area contributed by atoms with E-state index in [-0.39, 0.29) is 36.2 Å². The minimum atomic E-state index is -0.533. The Balaban J connectivity index is 0.00000392. The predicted molar refractivity (Wildman–Crippen MR) is 117 cm³/mol. The predicted octanol–water partition coefficient (Wildman–Crippen LogP) is 2.23. The normalized spacial score (nSPS) is 16.4. The van der Waals surface area contributed by atoms with E-state index in [4.69, 9.17) is 4.74 Å². The van der Waals surface area contributed by atoms with Crippen molar-refractivity contribution >= 4 is 36.0 Å². The SMILES string of the molecule is CSCCC(NC(=O)COc1ccccc1)C(=O)NCC1(C)CCNCC1.Cl. The summed E-state index contributed by atoms with van der Waals surface area (Å²) in [6, 6.07) is 8.65. The van der Waals surface area contributed by atoms with Crippen LogP contribution in [0.3, 0.4) is 0 Å². The number of rotatable bonds is 10. The van der Waals surface area contributed by atoms with Gasteiger partial charge in [-0.15, -0.1) is 12.4 Å². The molecule has 1 aliphatic rings. The van der Waals surface area contributed by atoms with Gasteiger partial charge in [-0.1, -0.05) is 25.1 Å². The molecule has 2 amide bonds. The first-order valence-corrected chi connectivity index (χ1v) is 10.9. The van der Waals surface area contributed by atoms with Gasteiger partial charge in [0.2, 0.25) is 5.91 Å². The molecule has 1 atom stereocenters. The van der Waals surface area contributed by atoms with Gasteiger partial charge < -0.3 is 20.7 Å². The number of para-hydroxylation sites is 1. The Morgan fingerprint density at radius 3 is 2.57 bits per heavy atom. The smallest absolute Gasteiger partial charge is 0.258 e. The van der Waals surface area contributed by atoms with Crippen LogP contribution in [0.15, 0.2) is 30.3 Å². The van der Waals surface area contributed by atoms with E-state index in [2.05, 4.69) is 22.9 Å². The number of hydrogen-bond acceptors (Lipinski definition) is 5. The van der Waals surface area contributed by atoms with Crippen molar-refractivity contribution < 1.29 is 14.3 Å². The van der Waals surface area contributed by atoms with Crippen molar-refractivity contribution in [3.8, 4) is 5.75 Å². The fraction of sp³-hybridized carbons (Fsp3) is 0.600. The molecule has 0 spiro atoms. The molecule has 6 nitrogen and oxygen atoms in total. The molecule has 0 aliphatic carbocycles. The topological polar surface area (TPSA) is 79.5 Å². The van der Waals surface area contributed by atoms with Gasteiger partial charge >= 0.3 is 0 Å². The molecule has 1 aliphatic heterocycles. The molecular weight excluding hydrogens is 398 g/mol. The summed E-state index contributed by atoms with van der Waals surface area (Å²) >= 11 is 1.66. The lowest BCUT2D eigenvalue weighted by atomic mass is 9.81. The third-order valence-electron chi connectivity index (χ3n) is 4.88. The van der Waals surface area contributed by atoms with E-state index in [0.717, 1.165) is 31.7 Å². The average Bonchev–Trinajstić information content (AvgIpc) is 2.69. The average molecular weight is 430 g/mol. The van der Waals surface area contributed by atoms with E-state index >= 15 is 0 Å². The van der Waals surface area contributed by atoms with Crippen LogP contribution < -0.4 is 20.7 Å². The Labute approximate surface area is 178 Å². The number of hydrogen-bond donors (Lipinski definition) is 3. The molecule has 1 fully saturated rings. The third-order valence-corrected chi connectivity index (χ3v) is 5.52. The Morgan fingerprint density at radius 2 is 1.93 bits per heavy atom. The van der Waals surface area contributed by atoms with E-state index in [1.165, 1.54) is 0 Å². The number of amides is 2. The van der Waals surface area contributed by atoms with Gasteiger partial charge in [-0.2, -0.15) is 11.8 Å². The highest BCUT2D eigenvalue weighted by Crippen LogP contribution is 2.26. The quantitative estimate of drug-likeness (QED) is 0.531. The molecule has 0 radical (unpaired) electrons. The first-order valence-electron chi connectivity index (χ1n) is 9.47. The largest absolute Gasteiger partial charge is 0.484 e. The van der Waals surface area contributed by atoms with Crippen molar-refractivity contribution in [1.82, 2.24) is 16.0 Å². The second-order valence-electron chi connectivity index (χ2n) is 7.28. The number of thioether (sulfide) groups is 1. The van der Waals surface area contributed by atoms with Crippen LogP contribution in [0.25, 0.3) is 0 Å². The summed E-state index contributed by atoms with van der Waals surface area (Å²) in [4.78, 5) is 24.9. The lowest BCUT2D eigenvalue weighted by Gasteiger charge is -2.34. The van der Waals surface area contributed by atoms with Crippen LogP contribution in [0.4, 0.5) is 0 Å². The highest BCUT2D eigenvalue weighted by molar-refractivity contribution is 7.98. The van der Waals surface area contributed by atoms with Crippen LogP contribution in [0.5, 0.6) is 5.75 Å². The molecule has 3 N–H and O–H groups in total. The van der Waals surface area contributed by atoms with E-state index in [0.29, 0.717) is 18.7 Å². The first-order chi connectivity index (χ1) is 13.0. The molecule has 1 aromatic carbocycles. The summed E-state index contributed by atoms with van der Waals surface area (Å²) in [6.07, 6.45) is 4.67. The number of benzene rings is 1. The molecule has 1 aromatic rings. The minimum Gasteiger partial charge on any atom is -0.484 e. The Kier molecular flexibility index (Phi) is 11.3. The summed E-state index contributed by atoms with van der Waals surface area (Å²) in [7, 11) is 0. The van der Waals surface area contributed by atoms with Crippen LogP contribution in [0.2, 0.25) is 0 Å². The van der Waals surface area contributed by atoms with E-state index < -0.39 is 6.04 Å². The molecule has 1 saturated heterocycles.